The minimum absolute atomic E-state index is 0.0295. The monoisotopic (exact) mass is 416 g/mol. The zero-order chi connectivity index (χ0) is 17.9. The highest BCUT2D eigenvalue weighted by Crippen LogP contribution is 2.65. The number of rotatable bonds is 3. The third kappa shape index (κ3) is 3.46. The van der Waals surface area contributed by atoms with E-state index in [-0.39, 0.29) is 15.5 Å². The lowest BCUT2D eigenvalue weighted by Gasteiger charge is -2.60. The number of benzene rings is 1. The number of carbonyl (C=O) groups is 1. The van der Waals surface area contributed by atoms with Gasteiger partial charge in [0.1, 0.15) is 5.75 Å². The van der Waals surface area contributed by atoms with Crippen LogP contribution in [0.3, 0.4) is 0 Å². The van der Waals surface area contributed by atoms with Crippen LogP contribution in [0.2, 0.25) is 0 Å². The van der Waals surface area contributed by atoms with Crippen LogP contribution in [0.1, 0.15) is 50.5 Å². The predicted molar refractivity (Wildman–Crippen MR) is 90.5 cm³/mol. The lowest BCUT2D eigenvalue weighted by atomic mass is 9.49. The summed E-state index contributed by atoms with van der Waals surface area (Å²) >= 11 is 3.90. The van der Waals surface area contributed by atoms with Crippen LogP contribution >= 0.6 is 15.9 Å². The van der Waals surface area contributed by atoms with E-state index in [0.29, 0.717) is 18.3 Å². The number of hydrogen-bond donors (Lipinski definition) is 0. The molecule has 136 valence electrons. The molecule has 0 amide bonds. The molecule has 2 atom stereocenters. The van der Waals surface area contributed by atoms with E-state index < -0.39 is 17.7 Å². The van der Waals surface area contributed by atoms with Crippen LogP contribution in [0.15, 0.2) is 24.3 Å². The maximum atomic E-state index is 12.8. The van der Waals surface area contributed by atoms with Gasteiger partial charge in [0, 0.05) is 4.32 Å². The quantitative estimate of drug-likeness (QED) is 0.357. The zero-order valence-corrected chi connectivity index (χ0v) is 15.3. The molecule has 0 spiro atoms. The predicted octanol–water partition coefficient (Wildman–Crippen LogP) is 5.73. The average molecular weight is 417 g/mol. The van der Waals surface area contributed by atoms with Gasteiger partial charge in [0.05, 0.1) is 12.0 Å². The van der Waals surface area contributed by atoms with Gasteiger partial charge in [-0.05, 0) is 74.0 Å². The summed E-state index contributed by atoms with van der Waals surface area (Å²) in [6, 6.07) is 4.54. The molecule has 4 saturated carbocycles. The standard InChI is InChI=1S/C19H20BrF3O2/c20-18-8-12-4-13(9-18)7-17(6-12,11-18)10-16(24)25-15-3-1-2-14(5-15)19(21,22)23/h1-3,5,12-13H,4,6-11H2/t12-,13-,17?,18?/m1/s1. The highest BCUT2D eigenvalue weighted by Gasteiger charge is 2.57. The van der Waals surface area contributed by atoms with Crippen molar-refractivity contribution >= 4 is 21.9 Å². The first-order valence-corrected chi connectivity index (χ1v) is 9.51. The average Bonchev–Trinajstić information content (AvgIpc) is 2.42. The highest BCUT2D eigenvalue weighted by atomic mass is 79.9. The first-order chi connectivity index (χ1) is 11.6. The molecule has 1 aromatic rings. The summed E-state index contributed by atoms with van der Waals surface area (Å²) in [7, 11) is 0. The molecule has 4 bridgehead atoms. The van der Waals surface area contributed by atoms with Crippen LogP contribution in [0.25, 0.3) is 0 Å². The molecule has 4 aliphatic carbocycles. The Balaban J connectivity index is 1.46. The van der Waals surface area contributed by atoms with Crippen molar-refractivity contribution in [1.29, 1.82) is 0 Å². The minimum Gasteiger partial charge on any atom is -0.426 e. The molecule has 0 aromatic heterocycles. The Hall–Kier alpha value is -1.04. The number of ether oxygens (including phenoxy) is 1. The summed E-state index contributed by atoms with van der Waals surface area (Å²) in [6.45, 7) is 0. The summed E-state index contributed by atoms with van der Waals surface area (Å²) in [5.74, 6) is 0.861. The van der Waals surface area contributed by atoms with E-state index in [4.69, 9.17) is 4.74 Å². The van der Waals surface area contributed by atoms with Crippen LogP contribution in [-0.2, 0) is 11.0 Å². The molecular weight excluding hydrogens is 397 g/mol. The molecule has 2 nitrogen and oxygen atoms in total. The van der Waals surface area contributed by atoms with Crippen molar-refractivity contribution < 1.29 is 22.7 Å². The molecule has 4 fully saturated rings. The van der Waals surface area contributed by atoms with Crippen LogP contribution in [0.5, 0.6) is 5.75 Å². The largest absolute Gasteiger partial charge is 0.426 e. The van der Waals surface area contributed by atoms with Gasteiger partial charge in [0.15, 0.2) is 0 Å². The van der Waals surface area contributed by atoms with Gasteiger partial charge in [-0.3, -0.25) is 4.79 Å². The minimum atomic E-state index is -4.44. The van der Waals surface area contributed by atoms with Crippen LogP contribution in [0.4, 0.5) is 13.2 Å². The maximum Gasteiger partial charge on any atom is 0.416 e. The molecule has 0 saturated heterocycles. The van der Waals surface area contributed by atoms with E-state index in [1.807, 2.05) is 0 Å². The molecule has 5 rings (SSSR count). The van der Waals surface area contributed by atoms with E-state index in [1.54, 1.807) is 0 Å². The number of esters is 1. The Morgan fingerprint density at radius 3 is 2.48 bits per heavy atom. The lowest BCUT2D eigenvalue weighted by molar-refractivity contribution is -0.143. The number of hydrogen-bond acceptors (Lipinski definition) is 2. The summed E-state index contributed by atoms with van der Waals surface area (Å²) in [4.78, 5) is 12.4. The van der Waals surface area contributed by atoms with Crippen molar-refractivity contribution in [2.24, 2.45) is 17.3 Å². The molecule has 0 unspecified atom stereocenters. The second-order valence-corrected chi connectivity index (χ2v) is 9.97. The normalized spacial score (nSPS) is 36.5. The fraction of sp³-hybridized carbons (Fsp3) is 0.632. The van der Waals surface area contributed by atoms with Gasteiger partial charge in [-0.25, -0.2) is 0 Å². The smallest absolute Gasteiger partial charge is 0.416 e. The third-order valence-electron chi connectivity index (χ3n) is 6.02. The second-order valence-electron chi connectivity index (χ2n) is 8.29. The Bertz CT molecular complexity index is 686. The van der Waals surface area contributed by atoms with Gasteiger partial charge >= 0.3 is 12.1 Å². The first kappa shape index (κ1) is 17.4. The molecular formula is C19H20BrF3O2. The van der Waals surface area contributed by atoms with Gasteiger partial charge in [0.2, 0.25) is 0 Å². The first-order valence-electron chi connectivity index (χ1n) is 8.72. The molecule has 0 aliphatic heterocycles. The van der Waals surface area contributed by atoms with Crippen molar-refractivity contribution in [3.05, 3.63) is 29.8 Å². The van der Waals surface area contributed by atoms with E-state index >= 15 is 0 Å². The van der Waals surface area contributed by atoms with Crippen molar-refractivity contribution in [3.8, 4) is 5.75 Å². The molecule has 6 heteroatoms. The van der Waals surface area contributed by atoms with E-state index in [0.717, 1.165) is 31.4 Å². The Morgan fingerprint density at radius 1 is 1.20 bits per heavy atom. The third-order valence-corrected chi connectivity index (χ3v) is 6.95. The number of alkyl halides is 4. The Labute approximate surface area is 153 Å². The Morgan fingerprint density at radius 2 is 1.88 bits per heavy atom. The number of carbonyl (C=O) groups excluding carboxylic acids is 1. The highest BCUT2D eigenvalue weighted by molar-refractivity contribution is 9.10. The van der Waals surface area contributed by atoms with Crippen molar-refractivity contribution in [2.75, 3.05) is 0 Å². The van der Waals surface area contributed by atoms with E-state index in [9.17, 15) is 18.0 Å². The summed E-state index contributed by atoms with van der Waals surface area (Å²) in [5.41, 5.74) is -0.848. The number of halogens is 4. The SMILES string of the molecule is O=C(CC12C[C@H]3C[C@@H](CC(Br)(C3)C1)C2)Oc1cccc(C(F)(F)F)c1. The zero-order valence-electron chi connectivity index (χ0n) is 13.7. The van der Waals surface area contributed by atoms with Crippen LogP contribution < -0.4 is 4.74 Å². The van der Waals surface area contributed by atoms with Crippen molar-refractivity contribution in [2.45, 2.75) is 55.4 Å². The Kier molecular flexibility index (Phi) is 3.98. The molecule has 25 heavy (non-hydrogen) atoms. The molecule has 0 N–H and O–H groups in total. The summed E-state index contributed by atoms with van der Waals surface area (Å²) in [5, 5.41) is 0. The fourth-order valence-electron chi connectivity index (χ4n) is 5.75. The van der Waals surface area contributed by atoms with Gasteiger partial charge in [-0.1, -0.05) is 22.0 Å². The topological polar surface area (TPSA) is 26.3 Å². The molecule has 1 aromatic carbocycles. The maximum absolute atomic E-state index is 12.8. The lowest BCUT2D eigenvalue weighted by Crippen LogP contribution is -2.53. The van der Waals surface area contributed by atoms with E-state index in [1.165, 1.54) is 31.4 Å². The van der Waals surface area contributed by atoms with Gasteiger partial charge in [0.25, 0.3) is 0 Å². The van der Waals surface area contributed by atoms with E-state index in [2.05, 4.69) is 15.9 Å². The molecule has 4 aliphatic rings. The van der Waals surface area contributed by atoms with Crippen molar-refractivity contribution in [1.82, 2.24) is 0 Å². The molecule has 0 heterocycles. The van der Waals surface area contributed by atoms with Gasteiger partial charge in [-0.15, -0.1) is 0 Å². The van der Waals surface area contributed by atoms with Gasteiger partial charge in [-0.2, -0.15) is 13.2 Å². The second kappa shape index (κ2) is 5.73. The van der Waals surface area contributed by atoms with Gasteiger partial charge < -0.3 is 4.74 Å². The van der Waals surface area contributed by atoms with Crippen LogP contribution in [-0.4, -0.2) is 10.3 Å². The summed E-state index contributed by atoms with van der Waals surface area (Å²) < 4.78 is 43.8. The summed E-state index contributed by atoms with van der Waals surface area (Å²) in [6.07, 6.45) is 2.49. The fourth-order valence-corrected chi connectivity index (χ4v) is 7.26. The van der Waals surface area contributed by atoms with Crippen LogP contribution in [0, 0.1) is 17.3 Å². The van der Waals surface area contributed by atoms with Crippen molar-refractivity contribution in [3.63, 3.8) is 0 Å². The molecule has 0 radical (unpaired) electrons.